The summed E-state index contributed by atoms with van der Waals surface area (Å²) in [6, 6.07) is 8.92. The van der Waals surface area contributed by atoms with Gasteiger partial charge in [-0.3, -0.25) is 4.90 Å². The van der Waals surface area contributed by atoms with Crippen LogP contribution < -0.4 is 5.73 Å². The molecular weight excluding hydrogens is 210 g/mol. The molecule has 2 rings (SSSR count). The van der Waals surface area contributed by atoms with E-state index in [-0.39, 0.29) is 0 Å². The van der Waals surface area contributed by atoms with Crippen molar-refractivity contribution in [3.63, 3.8) is 0 Å². The third-order valence-corrected chi connectivity index (χ3v) is 3.64. The summed E-state index contributed by atoms with van der Waals surface area (Å²) in [6.45, 7) is 7.03. The number of likely N-dealkylation sites (N-methyl/N-ethyl adjacent to an activating group) is 1. The minimum atomic E-state index is 0.669. The number of piperazine rings is 1. The van der Waals surface area contributed by atoms with Crippen LogP contribution >= 0.6 is 0 Å². The minimum absolute atomic E-state index is 0.669. The van der Waals surface area contributed by atoms with Crippen molar-refractivity contribution in [2.75, 3.05) is 39.0 Å². The molecule has 0 aromatic heterocycles. The highest BCUT2D eigenvalue weighted by Crippen LogP contribution is 2.11. The molecule has 1 aliphatic heterocycles. The Kier molecular flexibility index (Phi) is 4.02. The topological polar surface area (TPSA) is 32.5 Å². The SMILES string of the molecule is CC1CN(C)CCN1CCc1ccc(N)cc1. The summed E-state index contributed by atoms with van der Waals surface area (Å²) in [7, 11) is 2.20. The summed E-state index contributed by atoms with van der Waals surface area (Å²) in [6.07, 6.45) is 1.12. The number of nitrogen functional groups attached to an aromatic ring is 1. The van der Waals surface area contributed by atoms with Gasteiger partial charge in [-0.25, -0.2) is 0 Å². The Labute approximate surface area is 104 Å². The lowest BCUT2D eigenvalue weighted by atomic mass is 10.1. The van der Waals surface area contributed by atoms with Gasteiger partial charge in [0.15, 0.2) is 0 Å². The lowest BCUT2D eigenvalue weighted by Gasteiger charge is -2.38. The lowest BCUT2D eigenvalue weighted by molar-refractivity contribution is 0.101. The molecule has 17 heavy (non-hydrogen) atoms. The molecule has 94 valence electrons. The second-order valence-corrected chi connectivity index (χ2v) is 5.14. The Morgan fingerprint density at radius 2 is 1.94 bits per heavy atom. The Balaban J connectivity index is 1.83. The van der Waals surface area contributed by atoms with E-state index in [4.69, 9.17) is 5.73 Å². The fourth-order valence-corrected chi connectivity index (χ4v) is 2.47. The molecule has 0 spiro atoms. The maximum atomic E-state index is 5.69. The highest BCUT2D eigenvalue weighted by atomic mass is 15.3. The van der Waals surface area contributed by atoms with E-state index in [0.717, 1.165) is 18.7 Å². The monoisotopic (exact) mass is 233 g/mol. The molecule has 1 aromatic carbocycles. The van der Waals surface area contributed by atoms with E-state index in [1.165, 1.54) is 25.2 Å². The average molecular weight is 233 g/mol. The predicted octanol–water partition coefficient (Wildman–Crippen LogP) is 1.45. The Morgan fingerprint density at radius 1 is 1.24 bits per heavy atom. The summed E-state index contributed by atoms with van der Waals surface area (Å²) >= 11 is 0. The van der Waals surface area contributed by atoms with E-state index in [9.17, 15) is 0 Å². The fourth-order valence-electron chi connectivity index (χ4n) is 2.47. The van der Waals surface area contributed by atoms with Crippen molar-refractivity contribution in [2.45, 2.75) is 19.4 Å². The van der Waals surface area contributed by atoms with Gasteiger partial charge < -0.3 is 10.6 Å². The number of benzene rings is 1. The Bertz CT molecular complexity index is 347. The van der Waals surface area contributed by atoms with Gasteiger partial charge in [0.05, 0.1) is 0 Å². The maximum Gasteiger partial charge on any atom is 0.0314 e. The van der Waals surface area contributed by atoms with Gasteiger partial charge in [0.25, 0.3) is 0 Å². The highest BCUT2D eigenvalue weighted by molar-refractivity contribution is 5.39. The number of rotatable bonds is 3. The zero-order valence-electron chi connectivity index (χ0n) is 10.9. The minimum Gasteiger partial charge on any atom is -0.399 e. The molecule has 1 saturated heterocycles. The van der Waals surface area contributed by atoms with Crippen LogP contribution in [0.2, 0.25) is 0 Å². The van der Waals surface area contributed by atoms with E-state index < -0.39 is 0 Å². The molecule has 1 heterocycles. The number of nitrogens with two attached hydrogens (primary N) is 1. The smallest absolute Gasteiger partial charge is 0.0314 e. The number of nitrogens with zero attached hydrogens (tertiary/aromatic N) is 2. The standard InChI is InChI=1S/C14H23N3/c1-12-11-16(2)9-10-17(12)8-7-13-3-5-14(15)6-4-13/h3-6,12H,7-11,15H2,1-2H3. The quantitative estimate of drug-likeness (QED) is 0.802. The summed E-state index contributed by atoms with van der Waals surface area (Å²) in [5.41, 5.74) is 7.92. The van der Waals surface area contributed by atoms with Gasteiger partial charge in [-0.1, -0.05) is 12.1 Å². The van der Waals surface area contributed by atoms with Crippen LogP contribution in [0.5, 0.6) is 0 Å². The maximum absolute atomic E-state index is 5.69. The molecule has 1 aromatic rings. The second-order valence-electron chi connectivity index (χ2n) is 5.14. The highest BCUT2D eigenvalue weighted by Gasteiger charge is 2.20. The Morgan fingerprint density at radius 3 is 2.59 bits per heavy atom. The first-order valence-corrected chi connectivity index (χ1v) is 6.42. The number of anilines is 1. The van der Waals surface area contributed by atoms with Gasteiger partial charge in [0.2, 0.25) is 0 Å². The number of hydrogen-bond acceptors (Lipinski definition) is 3. The first-order valence-electron chi connectivity index (χ1n) is 6.42. The molecular formula is C14H23N3. The van der Waals surface area contributed by atoms with E-state index in [0.29, 0.717) is 6.04 Å². The van der Waals surface area contributed by atoms with Crippen molar-refractivity contribution in [2.24, 2.45) is 0 Å². The van der Waals surface area contributed by atoms with Crippen molar-refractivity contribution < 1.29 is 0 Å². The normalized spacial score (nSPS) is 22.8. The molecule has 3 nitrogen and oxygen atoms in total. The molecule has 0 bridgehead atoms. The largest absolute Gasteiger partial charge is 0.399 e. The first-order chi connectivity index (χ1) is 8.15. The van der Waals surface area contributed by atoms with E-state index in [2.05, 4.69) is 35.9 Å². The average Bonchev–Trinajstić information content (AvgIpc) is 2.30. The van der Waals surface area contributed by atoms with Crippen molar-refractivity contribution in [3.8, 4) is 0 Å². The third-order valence-electron chi connectivity index (χ3n) is 3.64. The lowest BCUT2D eigenvalue weighted by Crippen LogP contribution is -2.50. The van der Waals surface area contributed by atoms with Crippen LogP contribution in [-0.4, -0.2) is 49.1 Å². The van der Waals surface area contributed by atoms with Gasteiger partial charge in [-0.15, -0.1) is 0 Å². The summed E-state index contributed by atoms with van der Waals surface area (Å²) in [5.74, 6) is 0. The molecule has 2 N–H and O–H groups in total. The zero-order valence-corrected chi connectivity index (χ0v) is 10.9. The van der Waals surface area contributed by atoms with Crippen LogP contribution in [0.1, 0.15) is 12.5 Å². The molecule has 1 aliphatic rings. The third kappa shape index (κ3) is 3.45. The van der Waals surface area contributed by atoms with Gasteiger partial charge in [0, 0.05) is 37.9 Å². The summed E-state index contributed by atoms with van der Waals surface area (Å²) in [5, 5.41) is 0. The van der Waals surface area contributed by atoms with Crippen molar-refractivity contribution in [1.29, 1.82) is 0 Å². The van der Waals surface area contributed by atoms with Gasteiger partial charge in [0.1, 0.15) is 0 Å². The molecule has 0 radical (unpaired) electrons. The zero-order chi connectivity index (χ0) is 12.3. The summed E-state index contributed by atoms with van der Waals surface area (Å²) in [4.78, 5) is 4.99. The van der Waals surface area contributed by atoms with Gasteiger partial charge >= 0.3 is 0 Å². The Hall–Kier alpha value is -1.06. The van der Waals surface area contributed by atoms with Crippen LogP contribution in [0.15, 0.2) is 24.3 Å². The molecule has 0 saturated carbocycles. The number of hydrogen-bond donors (Lipinski definition) is 1. The van der Waals surface area contributed by atoms with Crippen LogP contribution in [0, 0.1) is 0 Å². The van der Waals surface area contributed by atoms with E-state index in [1.807, 2.05) is 12.1 Å². The van der Waals surface area contributed by atoms with Gasteiger partial charge in [-0.2, -0.15) is 0 Å². The van der Waals surface area contributed by atoms with Crippen LogP contribution in [-0.2, 0) is 6.42 Å². The molecule has 1 atom stereocenters. The fraction of sp³-hybridized carbons (Fsp3) is 0.571. The second kappa shape index (κ2) is 5.52. The van der Waals surface area contributed by atoms with Gasteiger partial charge in [-0.05, 0) is 38.1 Å². The first kappa shape index (κ1) is 12.4. The van der Waals surface area contributed by atoms with E-state index >= 15 is 0 Å². The van der Waals surface area contributed by atoms with Crippen LogP contribution in [0.3, 0.4) is 0 Å². The van der Waals surface area contributed by atoms with Crippen LogP contribution in [0.25, 0.3) is 0 Å². The van der Waals surface area contributed by atoms with Crippen LogP contribution in [0.4, 0.5) is 5.69 Å². The predicted molar refractivity (Wildman–Crippen MR) is 73.1 cm³/mol. The summed E-state index contributed by atoms with van der Waals surface area (Å²) < 4.78 is 0. The molecule has 1 unspecified atom stereocenters. The molecule has 0 aliphatic carbocycles. The molecule has 1 fully saturated rings. The van der Waals surface area contributed by atoms with E-state index in [1.54, 1.807) is 0 Å². The molecule has 3 heteroatoms. The van der Waals surface area contributed by atoms with Crippen molar-refractivity contribution >= 4 is 5.69 Å². The van der Waals surface area contributed by atoms with Crippen molar-refractivity contribution in [1.82, 2.24) is 9.80 Å². The molecule has 0 amide bonds. The van der Waals surface area contributed by atoms with Crippen molar-refractivity contribution in [3.05, 3.63) is 29.8 Å².